The van der Waals surface area contributed by atoms with Crippen molar-refractivity contribution in [1.29, 1.82) is 0 Å². The van der Waals surface area contributed by atoms with E-state index in [4.69, 9.17) is 0 Å². The lowest BCUT2D eigenvalue weighted by molar-refractivity contribution is -0.113. The maximum Gasteiger partial charge on any atom is 0.235 e. The third-order valence-electron chi connectivity index (χ3n) is 4.36. The number of aromatic nitrogens is 4. The van der Waals surface area contributed by atoms with Crippen molar-refractivity contribution in [2.75, 3.05) is 17.6 Å². The van der Waals surface area contributed by atoms with E-state index in [9.17, 15) is 4.79 Å². The zero-order valence-corrected chi connectivity index (χ0v) is 16.3. The summed E-state index contributed by atoms with van der Waals surface area (Å²) in [6.45, 7) is 5.01. The van der Waals surface area contributed by atoms with E-state index in [-0.39, 0.29) is 11.9 Å². The highest BCUT2D eigenvalue weighted by Crippen LogP contribution is 2.28. The Morgan fingerprint density at radius 3 is 3.12 bits per heavy atom. The number of carbonyl (C=O) groups is 1. The van der Waals surface area contributed by atoms with Crippen LogP contribution in [0.15, 0.2) is 22.5 Å². The molecule has 1 aromatic carbocycles. The van der Waals surface area contributed by atoms with Crippen molar-refractivity contribution < 1.29 is 4.79 Å². The Labute approximate surface area is 159 Å². The molecule has 0 spiro atoms. The summed E-state index contributed by atoms with van der Waals surface area (Å²) < 4.78 is 2.63. The van der Waals surface area contributed by atoms with Gasteiger partial charge >= 0.3 is 0 Å². The molecule has 1 aliphatic rings. The minimum Gasteiger partial charge on any atom is -0.325 e. The molecule has 1 aliphatic heterocycles. The number of benzene rings is 1. The van der Waals surface area contributed by atoms with E-state index in [0.29, 0.717) is 5.75 Å². The van der Waals surface area contributed by atoms with Gasteiger partial charge in [0.05, 0.1) is 11.8 Å². The molecule has 0 aliphatic carbocycles. The van der Waals surface area contributed by atoms with Gasteiger partial charge in [-0.25, -0.2) is 0 Å². The standard InChI is InChI=1S/C17H20N6OS2/c1-10-5-6-11(2)13(8-10)19-14(24)9-25-17-22-23-15(12-4-3-7-18-12)20-21-16(23)26-17/h5-6,8,12,18H,3-4,7,9H2,1-2H3,(H,19,24). The van der Waals surface area contributed by atoms with Crippen molar-refractivity contribution in [3.8, 4) is 0 Å². The summed E-state index contributed by atoms with van der Waals surface area (Å²) >= 11 is 2.89. The van der Waals surface area contributed by atoms with E-state index in [1.54, 1.807) is 4.52 Å². The topological polar surface area (TPSA) is 84.2 Å². The van der Waals surface area contributed by atoms with Gasteiger partial charge in [-0.05, 0) is 50.4 Å². The van der Waals surface area contributed by atoms with Gasteiger partial charge in [0.15, 0.2) is 10.2 Å². The number of fused-ring (bicyclic) bond motifs is 1. The largest absolute Gasteiger partial charge is 0.325 e. The second-order valence-electron chi connectivity index (χ2n) is 6.42. The van der Waals surface area contributed by atoms with Crippen LogP contribution in [0.5, 0.6) is 0 Å². The molecule has 1 unspecified atom stereocenters. The third kappa shape index (κ3) is 3.60. The molecule has 4 rings (SSSR count). The lowest BCUT2D eigenvalue weighted by Gasteiger charge is -2.08. The average Bonchev–Trinajstić information content (AvgIpc) is 3.32. The van der Waals surface area contributed by atoms with E-state index in [0.717, 1.165) is 51.3 Å². The lowest BCUT2D eigenvalue weighted by Crippen LogP contribution is -2.16. The molecule has 3 heterocycles. The molecule has 9 heteroatoms. The summed E-state index contributed by atoms with van der Waals surface area (Å²) in [4.78, 5) is 13.0. The van der Waals surface area contributed by atoms with Crippen molar-refractivity contribution in [1.82, 2.24) is 25.1 Å². The first-order chi connectivity index (χ1) is 12.6. The SMILES string of the molecule is Cc1ccc(C)c(NC(=O)CSc2nn3c(C4CCCN4)nnc3s2)c1. The summed E-state index contributed by atoms with van der Waals surface area (Å²) in [7, 11) is 0. The number of hydrogen-bond acceptors (Lipinski definition) is 7. The first-order valence-electron chi connectivity index (χ1n) is 8.55. The van der Waals surface area contributed by atoms with Crippen LogP contribution in [0.1, 0.15) is 35.8 Å². The average molecular weight is 389 g/mol. The van der Waals surface area contributed by atoms with Crippen LogP contribution < -0.4 is 10.6 Å². The van der Waals surface area contributed by atoms with Crippen molar-refractivity contribution in [3.63, 3.8) is 0 Å². The van der Waals surface area contributed by atoms with Crippen molar-refractivity contribution in [3.05, 3.63) is 35.2 Å². The summed E-state index contributed by atoms with van der Waals surface area (Å²) in [6.07, 6.45) is 2.20. The van der Waals surface area contributed by atoms with Crippen LogP contribution in [0.25, 0.3) is 4.96 Å². The Morgan fingerprint density at radius 1 is 1.42 bits per heavy atom. The molecule has 136 valence electrons. The van der Waals surface area contributed by atoms with Crippen LogP contribution in [0.3, 0.4) is 0 Å². The van der Waals surface area contributed by atoms with Gasteiger partial charge in [-0.15, -0.1) is 15.3 Å². The number of hydrogen-bond donors (Lipinski definition) is 2. The van der Waals surface area contributed by atoms with Crippen molar-refractivity contribution in [2.24, 2.45) is 0 Å². The van der Waals surface area contributed by atoms with Crippen LogP contribution in [0.2, 0.25) is 0 Å². The van der Waals surface area contributed by atoms with Crippen LogP contribution >= 0.6 is 23.1 Å². The molecule has 0 radical (unpaired) electrons. The van der Waals surface area contributed by atoms with E-state index >= 15 is 0 Å². The van der Waals surface area contributed by atoms with Crippen molar-refractivity contribution >= 4 is 39.7 Å². The molecule has 1 saturated heterocycles. The second-order valence-corrected chi connectivity index (χ2v) is 8.60. The normalized spacial score (nSPS) is 17.1. The molecular formula is C17H20N6OS2. The first-order valence-corrected chi connectivity index (χ1v) is 10.4. The monoisotopic (exact) mass is 388 g/mol. The molecule has 1 atom stereocenters. The Morgan fingerprint density at radius 2 is 2.31 bits per heavy atom. The number of nitrogens with zero attached hydrogens (tertiary/aromatic N) is 4. The second kappa shape index (κ2) is 7.34. The molecule has 3 aromatic rings. The number of thioether (sulfide) groups is 1. The Balaban J connectivity index is 1.41. The maximum absolute atomic E-state index is 12.3. The van der Waals surface area contributed by atoms with E-state index in [1.807, 2.05) is 32.0 Å². The zero-order chi connectivity index (χ0) is 18.1. The molecule has 0 bridgehead atoms. The van der Waals surface area contributed by atoms with Gasteiger partial charge < -0.3 is 10.6 Å². The number of rotatable bonds is 5. The molecule has 1 amide bonds. The molecule has 0 saturated carbocycles. The number of amides is 1. The smallest absolute Gasteiger partial charge is 0.235 e. The molecule has 26 heavy (non-hydrogen) atoms. The highest BCUT2D eigenvalue weighted by Gasteiger charge is 2.23. The summed E-state index contributed by atoms with van der Waals surface area (Å²) in [5.41, 5.74) is 3.05. The van der Waals surface area contributed by atoms with Crippen molar-refractivity contribution in [2.45, 2.75) is 37.1 Å². The van der Waals surface area contributed by atoms with Gasteiger partial charge in [0.25, 0.3) is 0 Å². The van der Waals surface area contributed by atoms with Gasteiger partial charge in [0.2, 0.25) is 10.9 Å². The molecule has 7 nitrogen and oxygen atoms in total. The maximum atomic E-state index is 12.3. The Hall–Kier alpha value is -1.97. The highest BCUT2D eigenvalue weighted by molar-refractivity contribution is 8.01. The molecule has 2 aromatic heterocycles. The first kappa shape index (κ1) is 17.4. The number of aryl methyl sites for hydroxylation is 2. The van der Waals surface area contributed by atoms with Gasteiger partial charge in [-0.3, -0.25) is 4.79 Å². The third-order valence-corrected chi connectivity index (χ3v) is 6.39. The minimum atomic E-state index is -0.0349. The van der Waals surface area contributed by atoms with Gasteiger partial charge in [0, 0.05) is 5.69 Å². The van der Waals surface area contributed by atoms with Gasteiger partial charge in [-0.1, -0.05) is 35.2 Å². The molecular weight excluding hydrogens is 368 g/mol. The quantitative estimate of drug-likeness (QED) is 0.654. The fourth-order valence-electron chi connectivity index (χ4n) is 2.98. The molecule has 2 N–H and O–H groups in total. The van der Waals surface area contributed by atoms with Crippen LogP contribution in [-0.2, 0) is 4.79 Å². The highest BCUT2D eigenvalue weighted by atomic mass is 32.2. The Bertz CT molecular complexity index is 944. The van der Waals surface area contributed by atoms with Crippen LogP contribution in [0.4, 0.5) is 5.69 Å². The number of nitrogens with one attached hydrogen (secondary N) is 2. The van der Waals surface area contributed by atoms with Gasteiger partial charge in [0.1, 0.15) is 0 Å². The Kier molecular flexibility index (Phi) is 4.92. The van der Waals surface area contributed by atoms with Crippen LogP contribution in [0, 0.1) is 13.8 Å². The van der Waals surface area contributed by atoms with Crippen LogP contribution in [-0.4, -0.2) is 38.0 Å². The summed E-state index contributed by atoms with van der Waals surface area (Å²) in [5.74, 6) is 1.14. The number of carbonyl (C=O) groups excluding carboxylic acids is 1. The zero-order valence-electron chi connectivity index (χ0n) is 14.7. The van der Waals surface area contributed by atoms with Gasteiger partial charge in [-0.2, -0.15) is 4.52 Å². The minimum absolute atomic E-state index is 0.0349. The predicted molar refractivity (Wildman–Crippen MR) is 104 cm³/mol. The summed E-state index contributed by atoms with van der Waals surface area (Å²) in [6, 6.07) is 6.26. The predicted octanol–water partition coefficient (Wildman–Crippen LogP) is 2.96. The van der Waals surface area contributed by atoms with E-state index in [1.165, 1.54) is 23.1 Å². The fraction of sp³-hybridized carbons (Fsp3) is 0.412. The summed E-state index contributed by atoms with van der Waals surface area (Å²) in [5, 5.41) is 19.4. The number of anilines is 1. The molecule has 1 fully saturated rings. The van der Waals surface area contributed by atoms with E-state index < -0.39 is 0 Å². The fourth-order valence-corrected chi connectivity index (χ4v) is 4.66. The lowest BCUT2D eigenvalue weighted by atomic mass is 10.1. The van der Waals surface area contributed by atoms with E-state index in [2.05, 4.69) is 25.9 Å².